The second kappa shape index (κ2) is 2.99. The monoisotopic (exact) mass is 191 g/mol. The van der Waals surface area contributed by atoms with E-state index in [-0.39, 0.29) is 11.5 Å². The first-order valence-corrected chi connectivity index (χ1v) is 5.04. The highest BCUT2D eigenvalue weighted by atomic mass is 15.0. The summed E-state index contributed by atoms with van der Waals surface area (Å²) in [5.74, 6) is 0. The van der Waals surface area contributed by atoms with Crippen molar-refractivity contribution in [2.75, 3.05) is 5.73 Å². The average Bonchev–Trinajstić information content (AvgIpc) is 2.41. The predicted molar refractivity (Wildman–Crippen MR) is 59.9 cm³/mol. The Balaban J connectivity index is 2.51. The number of anilines is 1. The lowest BCUT2D eigenvalue weighted by molar-refractivity contribution is 0.288. The molecule has 0 amide bonds. The quantitative estimate of drug-likeness (QED) is 0.618. The van der Waals surface area contributed by atoms with Gasteiger partial charge in [-0.15, -0.1) is 0 Å². The van der Waals surface area contributed by atoms with Crippen LogP contribution in [0, 0.1) is 5.41 Å². The van der Waals surface area contributed by atoms with Crippen molar-refractivity contribution in [3.63, 3.8) is 0 Å². The Morgan fingerprint density at radius 1 is 1.50 bits per heavy atom. The van der Waals surface area contributed by atoms with Gasteiger partial charge in [-0.2, -0.15) is 0 Å². The molecule has 0 bridgehead atoms. The van der Waals surface area contributed by atoms with Crippen molar-refractivity contribution in [3.05, 3.63) is 29.3 Å². The first-order chi connectivity index (χ1) is 6.91. The number of hydrogen-bond donors (Lipinski definition) is 2. The van der Waals surface area contributed by atoms with Crippen LogP contribution < -0.4 is 11.0 Å². The lowest BCUT2D eigenvalue weighted by atomic mass is 9.83. The van der Waals surface area contributed by atoms with Gasteiger partial charge >= 0.3 is 0 Å². The van der Waals surface area contributed by atoms with Gasteiger partial charge in [0, 0.05) is 18.3 Å². The predicted octanol–water partition coefficient (Wildman–Crippen LogP) is 2.46. The zero-order valence-electron chi connectivity index (χ0n) is 10.0. The molecule has 0 aromatic heterocycles. The smallest absolute Gasteiger partial charge is 0.123 e. The molecule has 2 rings (SSSR count). The fraction of sp³-hybridized carbons (Fsp3) is 0.500. The van der Waals surface area contributed by atoms with Crippen molar-refractivity contribution in [1.29, 1.82) is 0 Å². The SMILES string of the molecule is [2H]N1Cc2c(N)cccc2C1C(C)(C)C. The maximum atomic E-state index is 8.01. The van der Waals surface area contributed by atoms with Crippen molar-refractivity contribution < 1.29 is 1.41 Å². The molecule has 2 heteroatoms. The van der Waals surface area contributed by atoms with Crippen LogP contribution in [0.5, 0.6) is 0 Å². The molecule has 1 aromatic rings. The molecule has 3 N–H and O–H groups in total. The molecule has 1 aliphatic rings. The van der Waals surface area contributed by atoms with E-state index in [1.165, 1.54) is 5.56 Å². The summed E-state index contributed by atoms with van der Waals surface area (Å²) in [6.45, 7) is 7.14. The van der Waals surface area contributed by atoms with Crippen molar-refractivity contribution in [1.82, 2.24) is 5.31 Å². The molecule has 0 saturated carbocycles. The van der Waals surface area contributed by atoms with Gasteiger partial charge in [-0.05, 0) is 22.6 Å². The summed E-state index contributed by atoms with van der Waals surface area (Å²) in [7, 11) is 0. The second-order valence-corrected chi connectivity index (χ2v) is 5.02. The molecule has 0 spiro atoms. The molecule has 1 heterocycles. The molecule has 0 saturated heterocycles. The highest BCUT2D eigenvalue weighted by Gasteiger charge is 2.32. The van der Waals surface area contributed by atoms with E-state index in [1.807, 2.05) is 12.1 Å². The normalized spacial score (nSPS) is 23.4. The van der Waals surface area contributed by atoms with Crippen molar-refractivity contribution in [2.45, 2.75) is 33.4 Å². The second-order valence-electron chi connectivity index (χ2n) is 5.02. The van der Waals surface area contributed by atoms with Crippen LogP contribution in [-0.4, -0.2) is 0 Å². The van der Waals surface area contributed by atoms with Crippen LogP contribution >= 0.6 is 0 Å². The van der Waals surface area contributed by atoms with E-state index < -0.39 is 0 Å². The topological polar surface area (TPSA) is 38.0 Å². The van der Waals surface area contributed by atoms with Gasteiger partial charge in [0.05, 0.1) is 0 Å². The zero-order chi connectivity index (χ0) is 11.2. The molecule has 0 fully saturated rings. The van der Waals surface area contributed by atoms with Gasteiger partial charge in [0.25, 0.3) is 0 Å². The third-order valence-corrected chi connectivity index (χ3v) is 2.80. The summed E-state index contributed by atoms with van der Waals surface area (Å²) in [5, 5.41) is 1.64. The average molecular weight is 191 g/mol. The molecule has 14 heavy (non-hydrogen) atoms. The Morgan fingerprint density at radius 3 is 2.86 bits per heavy atom. The van der Waals surface area contributed by atoms with E-state index in [2.05, 4.69) is 26.8 Å². The molecule has 2 nitrogen and oxygen atoms in total. The van der Waals surface area contributed by atoms with Gasteiger partial charge in [-0.1, -0.05) is 32.9 Å². The lowest BCUT2D eigenvalue weighted by Crippen LogP contribution is -2.26. The molecular formula is C12H18N2. The third kappa shape index (κ3) is 1.40. The third-order valence-electron chi connectivity index (χ3n) is 2.80. The standard InChI is InChI=1S/C12H18N2/c1-12(2,3)11-8-5-4-6-10(13)9(8)7-14-11/h4-6,11,14H,7,13H2,1-3H3/i/hD. The van der Waals surface area contributed by atoms with Crippen LogP contribution in [0.3, 0.4) is 0 Å². The van der Waals surface area contributed by atoms with Crippen LogP contribution in [0.4, 0.5) is 5.69 Å². The van der Waals surface area contributed by atoms with E-state index in [9.17, 15) is 0 Å². The Labute approximate surface area is 87.0 Å². The maximum absolute atomic E-state index is 8.01. The fourth-order valence-electron chi connectivity index (χ4n) is 2.08. The Morgan fingerprint density at radius 2 is 2.21 bits per heavy atom. The Kier molecular flexibility index (Phi) is 1.77. The molecule has 1 atom stereocenters. The van der Waals surface area contributed by atoms with Crippen LogP contribution in [0.1, 0.15) is 37.9 Å². The molecule has 1 aliphatic heterocycles. The van der Waals surface area contributed by atoms with E-state index in [1.54, 1.807) is 5.31 Å². The van der Waals surface area contributed by atoms with Gasteiger partial charge in [0.2, 0.25) is 0 Å². The van der Waals surface area contributed by atoms with Crippen molar-refractivity contribution >= 4 is 5.69 Å². The summed E-state index contributed by atoms with van der Waals surface area (Å²) < 4.78 is 8.01. The maximum Gasteiger partial charge on any atom is 0.123 e. The van der Waals surface area contributed by atoms with Crippen LogP contribution in [0.15, 0.2) is 18.2 Å². The number of nitrogens with one attached hydrogen (secondary N) is 1. The number of nitrogen functional groups attached to an aromatic ring is 1. The van der Waals surface area contributed by atoms with Gasteiger partial charge in [-0.3, -0.25) is 0 Å². The minimum atomic E-state index is 0.0702. The van der Waals surface area contributed by atoms with Crippen LogP contribution in [0.2, 0.25) is 1.41 Å². The van der Waals surface area contributed by atoms with E-state index in [0.29, 0.717) is 6.54 Å². The molecule has 0 aliphatic carbocycles. The molecular weight excluding hydrogens is 172 g/mol. The van der Waals surface area contributed by atoms with E-state index >= 15 is 0 Å². The first-order valence-electron chi connectivity index (χ1n) is 5.49. The number of nitrogens with two attached hydrogens (primary N) is 1. The zero-order valence-corrected chi connectivity index (χ0v) is 9.04. The van der Waals surface area contributed by atoms with Crippen molar-refractivity contribution in [2.24, 2.45) is 5.41 Å². The van der Waals surface area contributed by atoms with Crippen LogP contribution in [0.25, 0.3) is 0 Å². The number of hydrogen-bond acceptors (Lipinski definition) is 2. The Bertz CT molecular complexity index is 382. The number of fused-ring (bicyclic) bond motifs is 1. The Hall–Kier alpha value is -1.02. The van der Waals surface area contributed by atoms with E-state index in [4.69, 9.17) is 7.15 Å². The van der Waals surface area contributed by atoms with Gasteiger partial charge < -0.3 is 11.0 Å². The number of benzene rings is 1. The summed E-state index contributed by atoms with van der Waals surface area (Å²) in [5.41, 5.74) is 9.17. The molecule has 1 unspecified atom stereocenters. The summed E-state index contributed by atoms with van der Waals surface area (Å²) >= 11 is 0. The molecule has 1 aromatic carbocycles. The molecule has 76 valence electrons. The van der Waals surface area contributed by atoms with Gasteiger partial charge in [0.1, 0.15) is 1.41 Å². The highest BCUT2D eigenvalue weighted by molar-refractivity contribution is 5.54. The van der Waals surface area contributed by atoms with Crippen molar-refractivity contribution in [3.8, 4) is 0 Å². The van der Waals surface area contributed by atoms with Gasteiger partial charge in [0.15, 0.2) is 0 Å². The highest BCUT2D eigenvalue weighted by Crippen LogP contribution is 2.39. The largest absolute Gasteiger partial charge is 0.398 e. The van der Waals surface area contributed by atoms with Crippen LogP contribution in [-0.2, 0) is 6.54 Å². The fourth-order valence-corrected chi connectivity index (χ4v) is 2.08. The lowest BCUT2D eigenvalue weighted by Gasteiger charge is -2.28. The number of rotatable bonds is 0. The minimum absolute atomic E-state index is 0.0702. The summed E-state index contributed by atoms with van der Waals surface area (Å²) in [6.07, 6.45) is 0. The molecule has 0 radical (unpaired) electrons. The summed E-state index contributed by atoms with van der Waals surface area (Å²) in [6, 6.07) is 6.14. The summed E-state index contributed by atoms with van der Waals surface area (Å²) in [4.78, 5) is 0. The van der Waals surface area contributed by atoms with E-state index in [0.717, 1.165) is 11.3 Å². The van der Waals surface area contributed by atoms with Gasteiger partial charge in [-0.25, -0.2) is 0 Å². The minimum Gasteiger partial charge on any atom is -0.398 e. The first kappa shape index (κ1) is 8.30.